The third kappa shape index (κ3) is 3.09. The number of rotatable bonds is 3. The molecule has 2 aromatic carbocycles. The number of carbonyl (C=O) groups excluding carboxylic acids is 1. The van der Waals surface area contributed by atoms with Crippen molar-refractivity contribution in [1.82, 2.24) is 9.13 Å². The van der Waals surface area contributed by atoms with Gasteiger partial charge in [-0.25, -0.2) is 4.79 Å². The highest BCUT2D eigenvalue weighted by atomic mass is 16.5. The van der Waals surface area contributed by atoms with Crippen molar-refractivity contribution in [2.24, 2.45) is 0 Å². The van der Waals surface area contributed by atoms with Gasteiger partial charge < -0.3 is 18.6 Å². The maximum Gasteiger partial charge on any atom is 0.337 e. The largest absolute Gasteiger partial charge is 0.496 e. The Balaban J connectivity index is 1.71. The average Bonchev–Trinajstić information content (AvgIpc) is 3.41. The number of esters is 1. The zero-order valence-electron chi connectivity index (χ0n) is 19.4. The molecule has 1 aliphatic heterocycles. The fraction of sp³-hybridized carbons (Fsp3) is 0.393. The van der Waals surface area contributed by atoms with Gasteiger partial charge in [-0.3, -0.25) is 0 Å². The summed E-state index contributed by atoms with van der Waals surface area (Å²) < 4.78 is 15.6. The Morgan fingerprint density at radius 1 is 0.939 bits per heavy atom. The Morgan fingerprint density at radius 2 is 1.79 bits per heavy atom. The van der Waals surface area contributed by atoms with E-state index in [0.29, 0.717) is 11.5 Å². The van der Waals surface area contributed by atoms with E-state index in [2.05, 4.69) is 39.6 Å². The molecular weight excluding hydrogens is 412 g/mol. The van der Waals surface area contributed by atoms with Crippen molar-refractivity contribution >= 4 is 27.8 Å². The predicted molar refractivity (Wildman–Crippen MR) is 131 cm³/mol. The molecule has 0 radical (unpaired) electrons. The number of aryl methyl sites for hydroxylation is 2. The van der Waals surface area contributed by atoms with Crippen LogP contribution >= 0.6 is 0 Å². The summed E-state index contributed by atoms with van der Waals surface area (Å²) in [6.45, 7) is 1.88. The summed E-state index contributed by atoms with van der Waals surface area (Å²) in [5, 5.41) is 2.45. The van der Waals surface area contributed by atoms with Crippen LogP contribution in [0.1, 0.15) is 60.4 Å². The number of aromatic nitrogens is 2. The molecule has 33 heavy (non-hydrogen) atoms. The first-order valence-corrected chi connectivity index (χ1v) is 12.1. The molecule has 170 valence electrons. The molecule has 1 aliphatic carbocycles. The van der Waals surface area contributed by atoms with Crippen molar-refractivity contribution in [2.45, 2.75) is 57.5 Å². The number of nitrogens with zero attached hydrogens (tertiary/aromatic N) is 2. The second kappa shape index (κ2) is 7.98. The fourth-order valence-electron chi connectivity index (χ4n) is 6.20. The monoisotopic (exact) mass is 442 g/mol. The van der Waals surface area contributed by atoms with E-state index in [0.717, 1.165) is 30.8 Å². The van der Waals surface area contributed by atoms with Gasteiger partial charge in [-0.05, 0) is 61.1 Å². The molecule has 0 N–H and O–H groups in total. The minimum Gasteiger partial charge on any atom is -0.496 e. The SMILES string of the molecule is COC(=O)c1ccc2c(C3CCCCC3)c3n(c2c1)CCCn1ccc2c(OC)ccc-3c21. The Bertz CT molecular complexity index is 1370. The van der Waals surface area contributed by atoms with Crippen molar-refractivity contribution in [2.75, 3.05) is 14.2 Å². The van der Waals surface area contributed by atoms with Gasteiger partial charge in [0.15, 0.2) is 0 Å². The first-order chi connectivity index (χ1) is 16.2. The molecule has 5 nitrogen and oxygen atoms in total. The van der Waals surface area contributed by atoms with Crippen molar-refractivity contribution < 1.29 is 14.3 Å². The number of hydrogen-bond acceptors (Lipinski definition) is 3. The molecule has 0 atom stereocenters. The minimum atomic E-state index is -0.279. The summed E-state index contributed by atoms with van der Waals surface area (Å²) in [7, 11) is 3.20. The van der Waals surface area contributed by atoms with Crippen LogP contribution in [0.25, 0.3) is 33.1 Å². The smallest absolute Gasteiger partial charge is 0.337 e. The van der Waals surface area contributed by atoms with Crippen molar-refractivity contribution in [3.8, 4) is 17.0 Å². The van der Waals surface area contributed by atoms with E-state index < -0.39 is 0 Å². The van der Waals surface area contributed by atoms with Gasteiger partial charge in [0.05, 0.1) is 31.0 Å². The normalized spacial score (nSPS) is 16.4. The summed E-state index contributed by atoms with van der Waals surface area (Å²) in [5.41, 5.74) is 7.08. The van der Waals surface area contributed by atoms with Crippen LogP contribution in [0, 0.1) is 0 Å². The van der Waals surface area contributed by atoms with Gasteiger partial charge in [-0.2, -0.15) is 0 Å². The van der Waals surface area contributed by atoms with E-state index in [1.165, 1.54) is 72.3 Å². The standard InChI is InChI=1S/C28H30N2O3/c1-32-24-12-11-22-26-21(24)13-16-29(26)14-6-15-30-23-17-19(28(31)33-2)9-10-20(23)25(27(22)30)18-7-4-3-5-8-18/h9-13,16-18H,3-8,14-15H2,1-2H3. The van der Waals surface area contributed by atoms with E-state index in [1.54, 1.807) is 7.11 Å². The summed E-state index contributed by atoms with van der Waals surface area (Å²) in [4.78, 5) is 12.4. The van der Waals surface area contributed by atoms with Crippen LogP contribution in [0.15, 0.2) is 42.6 Å². The van der Waals surface area contributed by atoms with E-state index in [4.69, 9.17) is 9.47 Å². The second-order valence-electron chi connectivity index (χ2n) is 9.41. The number of carbonyl (C=O) groups is 1. The highest BCUT2D eigenvalue weighted by Gasteiger charge is 2.29. The number of ether oxygens (including phenoxy) is 2. The van der Waals surface area contributed by atoms with E-state index in [-0.39, 0.29) is 5.97 Å². The number of methoxy groups -OCH3 is 2. The maximum atomic E-state index is 12.4. The lowest BCUT2D eigenvalue weighted by molar-refractivity contribution is 0.0601. The van der Waals surface area contributed by atoms with Gasteiger partial charge >= 0.3 is 5.97 Å². The third-order valence-corrected chi connectivity index (χ3v) is 7.68. The van der Waals surface area contributed by atoms with Crippen LogP contribution in [0.5, 0.6) is 5.75 Å². The molecule has 0 spiro atoms. The van der Waals surface area contributed by atoms with Gasteiger partial charge in [-0.15, -0.1) is 0 Å². The van der Waals surface area contributed by atoms with Gasteiger partial charge in [0, 0.05) is 41.1 Å². The third-order valence-electron chi connectivity index (χ3n) is 7.68. The predicted octanol–water partition coefficient (Wildman–Crippen LogP) is 6.51. The summed E-state index contributed by atoms with van der Waals surface area (Å²) >= 11 is 0. The van der Waals surface area contributed by atoms with Gasteiger partial charge in [0.2, 0.25) is 0 Å². The van der Waals surface area contributed by atoms with Crippen LogP contribution in [0.2, 0.25) is 0 Å². The molecule has 3 heterocycles. The van der Waals surface area contributed by atoms with E-state index in [9.17, 15) is 4.79 Å². The Morgan fingerprint density at radius 3 is 2.58 bits per heavy atom. The summed E-state index contributed by atoms with van der Waals surface area (Å²) in [6.07, 6.45) is 9.58. The highest BCUT2D eigenvalue weighted by Crippen LogP contribution is 2.47. The molecule has 1 fully saturated rings. The van der Waals surface area contributed by atoms with Gasteiger partial charge in [0.25, 0.3) is 0 Å². The van der Waals surface area contributed by atoms with Gasteiger partial charge in [0.1, 0.15) is 5.75 Å². The molecule has 0 unspecified atom stereocenters. The van der Waals surface area contributed by atoms with Gasteiger partial charge in [-0.1, -0.05) is 25.3 Å². The summed E-state index contributed by atoms with van der Waals surface area (Å²) in [6, 6.07) is 12.7. The highest BCUT2D eigenvalue weighted by molar-refractivity contribution is 6.04. The van der Waals surface area contributed by atoms with Crippen LogP contribution in [0.3, 0.4) is 0 Å². The first-order valence-electron chi connectivity index (χ1n) is 12.1. The minimum absolute atomic E-state index is 0.279. The van der Waals surface area contributed by atoms with Crippen LogP contribution < -0.4 is 4.74 Å². The molecule has 0 amide bonds. The lowest BCUT2D eigenvalue weighted by Crippen LogP contribution is -2.11. The van der Waals surface area contributed by atoms with Crippen molar-refractivity contribution in [1.29, 1.82) is 0 Å². The Kier molecular flexibility index (Phi) is 4.93. The van der Waals surface area contributed by atoms with Crippen LogP contribution in [-0.2, 0) is 17.8 Å². The summed E-state index contributed by atoms with van der Waals surface area (Å²) in [5.74, 6) is 1.18. The molecule has 1 saturated carbocycles. The zero-order chi connectivity index (χ0) is 22.5. The molecule has 5 heteroatoms. The topological polar surface area (TPSA) is 45.4 Å². The van der Waals surface area contributed by atoms with Crippen molar-refractivity contribution in [3.05, 3.63) is 53.7 Å². The van der Waals surface area contributed by atoms with E-state index >= 15 is 0 Å². The molecule has 0 saturated heterocycles. The van der Waals surface area contributed by atoms with Crippen LogP contribution in [-0.4, -0.2) is 29.3 Å². The lowest BCUT2D eigenvalue weighted by Gasteiger charge is -2.25. The fourth-order valence-corrected chi connectivity index (χ4v) is 6.20. The molecule has 2 aliphatic rings. The molecule has 6 rings (SSSR count). The molecule has 0 bridgehead atoms. The molecular formula is C28H30N2O3. The lowest BCUT2D eigenvalue weighted by atomic mass is 9.81. The second-order valence-corrected chi connectivity index (χ2v) is 9.41. The van der Waals surface area contributed by atoms with E-state index in [1.807, 2.05) is 12.1 Å². The molecule has 4 aromatic rings. The quantitative estimate of drug-likeness (QED) is 0.340. The average molecular weight is 443 g/mol. The zero-order valence-corrected chi connectivity index (χ0v) is 19.4. The Hall–Kier alpha value is -3.21. The maximum absolute atomic E-state index is 12.4. The molecule has 2 aromatic heterocycles. The van der Waals surface area contributed by atoms with Crippen LogP contribution in [0.4, 0.5) is 0 Å². The number of hydrogen-bond donors (Lipinski definition) is 0. The first kappa shape index (κ1) is 20.4. The number of fused-ring (bicyclic) bond motifs is 4. The number of benzene rings is 2. The van der Waals surface area contributed by atoms with Crippen molar-refractivity contribution in [3.63, 3.8) is 0 Å². The Labute approximate surface area is 193 Å².